The quantitative estimate of drug-likeness (QED) is 0.849. The second kappa shape index (κ2) is 7.14. The van der Waals surface area contributed by atoms with Crippen LogP contribution in [0.5, 0.6) is 0 Å². The highest BCUT2D eigenvalue weighted by Gasteiger charge is 2.47. The molecule has 2 aliphatic rings. The maximum atomic E-state index is 12.5. The van der Waals surface area contributed by atoms with Gasteiger partial charge in [-0.25, -0.2) is 0 Å². The third kappa shape index (κ3) is 3.70. The van der Waals surface area contributed by atoms with Crippen molar-refractivity contribution in [3.05, 3.63) is 58.3 Å². The van der Waals surface area contributed by atoms with Gasteiger partial charge in [0.15, 0.2) is 0 Å². The molecule has 2 fully saturated rings. The lowest BCUT2D eigenvalue weighted by atomic mass is 9.79. The van der Waals surface area contributed by atoms with Gasteiger partial charge in [0.2, 0.25) is 5.91 Å². The summed E-state index contributed by atoms with van der Waals surface area (Å²) in [5, 5.41) is 16.4. The average Bonchev–Trinajstić information content (AvgIpc) is 3.36. The molecule has 2 heterocycles. The molecule has 4 rings (SSSR count). The molecule has 1 saturated carbocycles. The van der Waals surface area contributed by atoms with E-state index in [1.807, 2.05) is 25.1 Å². The molecule has 1 amide bonds. The minimum absolute atomic E-state index is 0.0373. The molecule has 0 bridgehead atoms. The maximum Gasteiger partial charge on any atom is 0.223 e. The summed E-state index contributed by atoms with van der Waals surface area (Å²) in [5.41, 5.74) is 0.224. The molecule has 1 aromatic carbocycles. The highest BCUT2D eigenvalue weighted by molar-refractivity contribution is 7.09. The number of amides is 1. The second-order valence-corrected chi connectivity index (χ2v) is 8.81. The molecule has 0 radical (unpaired) electrons. The first kappa shape index (κ1) is 17.7. The van der Waals surface area contributed by atoms with Crippen LogP contribution in [-0.4, -0.2) is 34.1 Å². The zero-order valence-corrected chi connectivity index (χ0v) is 15.9. The van der Waals surface area contributed by atoms with E-state index in [4.69, 9.17) is 0 Å². The maximum absolute atomic E-state index is 12.5. The van der Waals surface area contributed by atoms with E-state index in [1.54, 1.807) is 11.3 Å². The molecule has 138 valence electrons. The zero-order chi connectivity index (χ0) is 18.1. The third-order valence-electron chi connectivity index (χ3n) is 5.61. The Hall–Kier alpha value is -1.69. The van der Waals surface area contributed by atoms with Crippen LogP contribution in [0.4, 0.5) is 0 Å². The largest absolute Gasteiger partial charge is 0.388 e. The lowest BCUT2D eigenvalue weighted by molar-refractivity contribution is -0.129. The van der Waals surface area contributed by atoms with Crippen LogP contribution in [0.3, 0.4) is 0 Å². The van der Waals surface area contributed by atoms with Crippen LogP contribution in [-0.2, 0) is 11.3 Å². The predicted molar refractivity (Wildman–Crippen MR) is 104 cm³/mol. The molecule has 3 atom stereocenters. The normalized spacial score (nSPS) is 29.5. The van der Waals surface area contributed by atoms with Crippen LogP contribution in [0.1, 0.15) is 42.7 Å². The summed E-state index contributed by atoms with van der Waals surface area (Å²) in [5.74, 6) is 0.226. The summed E-state index contributed by atoms with van der Waals surface area (Å²) in [7, 11) is 0. The highest BCUT2D eigenvalue weighted by atomic mass is 32.1. The Kier molecular flexibility index (Phi) is 4.86. The number of carbonyl (C=O) groups excluding carboxylic acids is 1. The van der Waals surface area contributed by atoms with Gasteiger partial charge in [-0.2, -0.15) is 0 Å². The lowest BCUT2D eigenvalue weighted by Crippen LogP contribution is -2.62. The van der Waals surface area contributed by atoms with Gasteiger partial charge in [-0.15, -0.1) is 11.3 Å². The number of aliphatic hydroxyl groups is 1. The van der Waals surface area contributed by atoms with Gasteiger partial charge >= 0.3 is 0 Å². The Morgan fingerprint density at radius 1 is 1.27 bits per heavy atom. The number of hydrogen-bond acceptors (Lipinski definition) is 4. The fourth-order valence-electron chi connectivity index (χ4n) is 3.90. The van der Waals surface area contributed by atoms with Crippen LogP contribution in [0.15, 0.2) is 47.8 Å². The molecular weight excluding hydrogens is 344 g/mol. The van der Waals surface area contributed by atoms with Crippen molar-refractivity contribution in [3.63, 3.8) is 0 Å². The number of likely N-dealkylation sites (tertiary alicyclic amines) is 1. The number of carbonyl (C=O) groups is 1. The van der Waals surface area contributed by atoms with E-state index in [0.29, 0.717) is 6.42 Å². The number of hydrogen-bond donors (Lipinski definition) is 2. The molecule has 1 aliphatic heterocycles. The predicted octanol–water partition coefficient (Wildman–Crippen LogP) is 3.34. The summed E-state index contributed by atoms with van der Waals surface area (Å²) in [6.07, 6.45) is 2.59. The topological polar surface area (TPSA) is 52.6 Å². The minimum Gasteiger partial charge on any atom is -0.388 e. The van der Waals surface area contributed by atoms with E-state index in [2.05, 4.69) is 39.9 Å². The zero-order valence-electron chi connectivity index (χ0n) is 15.1. The third-order valence-corrected chi connectivity index (χ3v) is 6.47. The molecule has 0 unspecified atom stereocenters. The smallest absolute Gasteiger partial charge is 0.223 e. The van der Waals surface area contributed by atoms with Gasteiger partial charge < -0.3 is 10.4 Å². The van der Waals surface area contributed by atoms with Crippen molar-refractivity contribution >= 4 is 17.2 Å². The van der Waals surface area contributed by atoms with Gasteiger partial charge in [0.25, 0.3) is 0 Å². The number of thiophene rings is 1. The highest BCUT2D eigenvalue weighted by Crippen LogP contribution is 2.39. The van der Waals surface area contributed by atoms with Gasteiger partial charge in [-0.05, 0) is 43.2 Å². The van der Waals surface area contributed by atoms with E-state index < -0.39 is 5.60 Å². The summed E-state index contributed by atoms with van der Waals surface area (Å²) in [6.45, 7) is 3.51. The molecule has 2 N–H and O–H groups in total. The van der Waals surface area contributed by atoms with Crippen LogP contribution in [0.2, 0.25) is 0 Å². The summed E-state index contributed by atoms with van der Waals surface area (Å²) in [4.78, 5) is 16.2. The Morgan fingerprint density at radius 3 is 2.69 bits per heavy atom. The molecule has 0 spiro atoms. The van der Waals surface area contributed by atoms with Crippen LogP contribution >= 0.6 is 11.3 Å². The number of nitrogens with zero attached hydrogens (tertiary/aromatic N) is 1. The number of rotatable bonds is 5. The lowest BCUT2D eigenvalue weighted by Gasteiger charge is -2.49. The number of benzene rings is 1. The van der Waals surface area contributed by atoms with Gasteiger partial charge in [-0.3, -0.25) is 9.69 Å². The average molecular weight is 371 g/mol. The molecular formula is C21H26N2O2S. The monoisotopic (exact) mass is 370 g/mol. The molecule has 4 nitrogen and oxygen atoms in total. The van der Waals surface area contributed by atoms with Crippen molar-refractivity contribution in [1.82, 2.24) is 10.2 Å². The van der Waals surface area contributed by atoms with Crippen molar-refractivity contribution in [3.8, 4) is 0 Å². The summed E-state index contributed by atoms with van der Waals surface area (Å²) in [6, 6.07) is 14.1. The second-order valence-electron chi connectivity index (χ2n) is 7.77. The van der Waals surface area contributed by atoms with E-state index >= 15 is 0 Å². The van der Waals surface area contributed by atoms with Gasteiger partial charge in [0.1, 0.15) is 0 Å². The van der Waals surface area contributed by atoms with E-state index in [-0.39, 0.29) is 23.9 Å². The van der Waals surface area contributed by atoms with Gasteiger partial charge in [-0.1, -0.05) is 36.4 Å². The Bertz CT molecular complexity index is 741. The summed E-state index contributed by atoms with van der Waals surface area (Å²) >= 11 is 1.75. The van der Waals surface area contributed by atoms with E-state index in [9.17, 15) is 9.90 Å². The molecule has 26 heavy (non-hydrogen) atoms. The molecule has 1 aromatic heterocycles. The van der Waals surface area contributed by atoms with Crippen molar-refractivity contribution in [2.24, 2.45) is 5.92 Å². The Morgan fingerprint density at radius 2 is 2.04 bits per heavy atom. The molecule has 1 saturated heterocycles. The standard InChI is InChI=1S/C21H26N2O2S/c1-21(25)11-12-23(14-17-8-5-13-26-17)18(15-6-3-2-4-7-15)19(21)22-20(24)16-9-10-16/h2-8,13,16,18-19,25H,9-12,14H2,1H3,(H,22,24)/t18-,19-,21+/m0/s1. The summed E-state index contributed by atoms with van der Waals surface area (Å²) < 4.78 is 0. The van der Waals surface area contributed by atoms with Crippen molar-refractivity contribution < 1.29 is 9.90 Å². The first-order valence-electron chi connectivity index (χ1n) is 9.39. The van der Waals surface area contributed by atoms with Crippen molar-refractivity contribution in [1.29, 1.82) is 0 Å². The first-order chi connectivity index (χ1) is 12.5. The molecule has 1 aliphatic carbocycles. The van der Waals surface area contributed by atoms with Crippen molar-refractivity contribution in [2.75, 3.05) is 6.54 Å². The van der Waals surface area contributed by atoms with Gasteiger partial charge in [0, 0.05) is 23.9 Å². The van der Waals surface area contributed by atoms with E-state index in [0.717, 1.165) is 31.5 Å². The minimum atomic E-state index is -0.920. The fraction of sp³-hybridized carbons (Fsp3) is 0.476. The number of nitrogens with one attached hydrogen (secondary N) is 1. The van der Waals surface area contributed by atoms with E-state index in [1.165, 1.54) is 4.88 Å². The van der Waals surface area contributed by atoms with Crippen LogP contribution < -0.4 is 5.32 Å². The first-order valence-corrected chi connectivity index (χ1v) is 10.3. The SMILES string of the molecule is C[C@@]1(O)CCN(Cc2cccs2)[C@@H](c2ccccc2)[C@@H]1NC(=O)C1CC1. The molecule has 5 heteroatoms. The van der Waals surface area contributed by atoms with Crippen LogP contribution in [0.25, 0.3) is 0 Å². The van der Waals surface area contributed by atoms with Gasteiger partial charge in [0.05, 0.1) is 17.7 Å². The number of piperidine rings is 1. The van der Waals surface area contributed by atoms with Crippen molar-refractivity contribution in [2.45, 2.75) is 50.4 Å². The Balaban J connectivity index is 1.66. The molecule has 2 aromatic rings. The van der Waals surface area contributed by atoms with Crippen LogP contribution in [0, 0.1) is 5.92 Å². The fourth-order valence-corrected chi connectivity index (χ4v) is 4.63. The Labute approximate surface area is 158 Å².